The molecule has 5 nitrogen and oxygen atoms in total. The summed E-state index contributed by atoms with van der Waals surface area (Å²) in [5.41, 5.74) is 3.38. The van der Waals surface area contributed by atoms with E-state index in [-0.39, 0.29) is 5.78 Å². The van der Waals surface area contributed by atoms with Crippen molar-refractivity contribution in [3.63, 3.8) is 0 Å². The highest BCUT2D eigenvalue weighted by atomic mass is 79.9. The molecule has 0 atom stereocenters. The molecule has 2 aromatic carbocycles. The number of halogens is 1. The van der Waals surface area contributed by atoms with Gasteiger partial charge >= 0.3 is 0 Å². The summed E-state index contributed by atoms with van der Waals surface area (Å²) in [6.45, 7) is 4.59. The van der Waals surface area contributed by atoms with Gasteiger partial charge in [-0.1, -0.05) is 34.1 Å². The van der Waals surface area contributed by atoms with Crippen molar-refractivity contribution in [2.24, 2.45) is 0 Å². The number of carbonyl (C=O) groups excluding carboxylic acids is 1. The molecular formula is C21H20BrNO4. The van der Waals surface area contributed by atoms with Gasteiger partial charge in [0.2, 0.25) is 5.78 Å². The van der Waals surface area contributed by atoms with E-state index < -0.39 is 0 Å². The summed E-state index contributed by atoms with van der Waals surface area (Å²) in [7, 11) is 1.69. The van der Waals surface area contributed by atoms with Crippen LogP contribution in [0.2, 0.25) is 0 Å². The summed E-state index contributed by atoms with van der Waals surface area (Å²) in [4.78, 5) is 15.1. The lowest BCUT2D eigenvalue weighted by atomic mass is 10.00. The number of rotatable bonds is 4. The second kappa shape index (κ2) is 7.46. The molecule has 0 saturated carbocycles. The second-order valence-electron chi connectivity index (χ2n) is 6.65. The summed E-state index contributed by atoms with van der Waals surface area (Å²) in [6.07, 6.45) is 1.77. The molecule has 2 aliphatic rings. The van der Waals surface area contributed by atoms with Crippen molar-refractivity contribution in [3.05, 3.63) is 62.8 Å². The maximum absolute atomic E-state index is 12.9. The fraction of sp³-hybridized carbons (Fsp3) is 0.286. The third-order valence-corrected chi connectivity index (χ3v) is 5.53. The number of hydrogen-bond acceptors (Lipinski definition) is 5. The van der Waals surface area contributed by atoms with E-state index in [9.17, 15) is 4.79 Å². The lowest BCUT2D eigenvalue weighted by Gasteiger charge is -2.30. The zero-order chi connectivity index (χ0) is 19.0. The Balaban J connectivity index is 1.67. The Morgan fingerprint density at radius 2 is 2.11 bits per heavy atom. The molecule has 27 heavy (non-hydrogen) atoms. The molecule has 0 saturated heterocycles. The maximum Gasteiger partial charge on any atom is 0.231 e. The zero-order valence-electron chi connectivity index (χ0n) is 15.3. The lowest BCUT2D eigenvalue weighted by Crippen LogP contribution is -2.34. The summed E-state index contributed by atoms with van der Waals surface area (Å²) >= 11 is 3.51. The third-order valence-electron chi connectivity index (χ3n) is 4.81. The van der Waals surface area contributed by atoms with Crippen molar-refractivity contribution in [2.75, 3.05) is 27.0 Å². The topological polar surface area (TPSA) is 48.0 Å². The zero-order valence-corrected chi connectivity index (χ0v) is 16.8. The molecule has 0 aliphatic carbocycles. The molecule has 6 heteroatoms. The Bertz CT molecular complexity index is 938. The van der Waals surface area contributed by atoms with Gasteiger partial charge in [0.15, 0.2) is 5.76 Å². The van der Waals surface area contributed by atoms with Gasteiger partial charge in [-0.2, -0.15) is 0 Å². The predicted molar refractivity (Wildman–Crippen MR) is 106 cm³/mol. The molecule has 0 spiro atoms. The van der Waals surface area contributed by atoms with E-state index in [2.05, 4.69) is 20.8 Å². The van der Waals surface area contributed by atoms with Crippen LogP contribution in [0, 0.1) is 6.92 Å². The molecule has 0 radical (unpaired) electrons. The number of ether oxygens (including phenoxy) is 3. The first-order valence-electron chi connectivity index (χ1n) is 8.78. The number of ketones is 1. The second-order valence-corrected chi connectivity index (χ2v) is 7.50. The van der Waals surface area contributed by atoms with Crippen LogP contribution < -0.4 is 9.47 Å². The lowest BCUT2D eigenvalue weighted by molar-refractivity contribution is 0.0649. The van der Waals surface area contributed by atoms with Crippen molar-refractivity contribution in [1.29, 1.82) is 0 Å². The van der Waals surface area contributed by atoms with Gasteiger partial charge in [-0.15, -0.1) is 0 Å². The number of nitrogens with zero attached hydrogens (tertiary/aromatic N) is 1. The molecule has 2 aromatic rings. The Hall–Kier alpha value is -2.15. The summed E-state index contributed by atoms with van der Waals surface area (Å²) in [5, 5.41) is 0. The minimum Gasteiger partial charge on any atom is -0.477 e. The van der Waals surface area contributed by atoms with Crippen molar-refractivity contribution >= 4 is 27.8 Å². The standard InChI is InChI=1S/C21H20BrNO4/c1-13-20-15(11-23(12-26-20)7-8-25-2)9-16-19(24)18(27-21(13)16)10-14-5-3-4-6-17(14)22/h3-6,9-10H,7-8,11-12H2,1-2H3/b18-10-. The minimum absolute atomic E-state index is 0.0966. The summed E-state index contributed by atoms with van der Waals surface area (Å²) in [5.74, 6) is 1.65. The maximum atomic E-state index is 12.9. The molecular weight excluding hydrogens is 410 g/mol. The van der Waals surface area contributed by atoms with E-state index in [0.29, 0.717) is 30.4 Å². The average Bonchev–Trinajstić information content (AvgIpc) is 2.98. The molecule has 0 N–H and O–H groups in total. The number of benzene rings is 2. The molecule has 0 unspecified atom stereocenters. The first-order valence-corrected chi connectivity index (χ1v) is 9.57. The molecule has 140 valence electrons. The number of carbonyl (C=O) groups is 1. The first-order chi connectivity index (χ1) is 13.1. The average molecular weight is 430 g/mol. The molecule has 0 aromatic heterocycles. The highest BCUT2D eigenvalue weighted by molar-refractivity contribution is 9.10. The summed E-state index contributed by atoms with van der Waals surface area (Å²) in [6, 6.07) is 9.63. The number of methoxy groups -OCH3 is 1. The van der Waals surface area contributed by atoms with Crippen LogP contribution in [-0.2, 0) is 11.3 Å². The Morgan fingerprint density at radius 1 is 1.30 bits per heavy atom. The summed E-state index contributed by atoms with van der Waals surface area (Å²) < 4.78 is 18.0. The van der Waals surface area contributed by atoms with Crippen LogP contribution in [0.25, 0.3) is 6.08 Å². The van der Waals surface area contributed by atoms with Crippen molar-refractivity contribution in [1.82, 2.24) is 4.90 Å². The van der Waals surface area contributed by atoms with Crippen LogP contribution in [0.5, 0.6) is 11.5 Å². The molecule has 0 bridgehead atoms. The smallest absolute Gasteiger partial charge is 0.231 e. The van der Waals surface area contributed by atoms with E-state index >= 15 is 0 Å². The molecule has 0 amide bonds. The van der Waals surface area contributed by atoms with Gasteiger partial charge in [-0.05, 0) is 30.7 Å². The number of allylic oxidation sites excluding steroid dienone is 1. The van der Waals surface area contributed by atoms with Crippen LogP contribution in [0.15, 0.2) is 40.6 Å². The Kier molecular flexibility index (Phi) is 5.04. The van der Waals surface area contributed by atoms with E-state index in [4.69, 9.17) is 14.2 Å². The van der Waals surface area contributed by atoms with Gasteiger partial charge in [-0.3, -0.25) is 9.69 Å². The van der Waals surface area contributed by atoms with Gasteiger partial charge in [0.1, 0.15) is 18.2 Å². The fourth-order valence-electron chi connectivity index (χ4n) is 3.39. The van der Waals surface area contributed by atoms with Gasteiger partial charge in [0.25, 0.3) is 0 Å². The van der Waals surface area contributed by atoms with E-state index in [1.165, 1.54) is 0 Å². The quantitative estimate of drug-likeness (QED) is 0.682. The Morgan fingerprint density at radius 3 is 2.89 bits per heavy atom. The van der Waals surface area contributed by atoms with E-state index in [1.54, 1.807) is 13.2 Å². The van der Waals surface area contributed by atoms with Crippen LogP contribution >= 0.6 is 15.9 Å². The van der Waals surface area contributed by atoms with Crippen LogP contribution in [0.4, 0.5) is 0 Å². The third kappa shape index (κ3) is 3.40. The van der Waals surface area contributed by atoms with Crippen molar-refractivity contribution in [2.45, 2.75) is 13.5 Å². The highest BCUT2D eigenvalue weighted by Gasteiger charge is 2.33. The molecule has 0 fully saturated rings. The number of fused-ring (bicyclic) bond motifs is 2. The van der Waals surface area contributed by atoms with Gasteiger partial charge in [0, 0.05) is 35.8 Å². The number of hydrogen-bond donors (Lipinski definition) is 0. The predicted octanol–water partition coefficient (Wildman–Crippen LogP) is 4.17. The SMILES string of the molecule is COCCN1COc2c(cc3c(c2C)O/C(=C\c2ccccc2Br)C3=O)C1. The largest absolute Gasteiger partial charge is 0.477 e. The Labute approximate surface area is 166 Å². The van der Waals surface area contributed by atoms with Crippen LogP contribution in [0.3, 0.4) is 0 Å². The van der Waals surface area contributed by atoms with E-state index in [1.807, 2.05) is 37.3 Å². The number of Topliss-reactive ketones (excluding diaryl/α,β-unsaturated/α-hetero) is 1. The normalized spacial score (nSPS) is 17.4. The van der Waals surface area contributed by atoms with Crippen molar-refractivity contribution in [3.8, 4) is 11.5 Å². The molecule has 2 heterocycles. The molecule has 4 rings (SSSR count). The van der Waals surface area contributed by atoms with Crippen LogP contribution in [0.1, 0.15) is 27.0 Å². The van der Waals surface area contributed by atoms with Crippen molar-refractivity contribution < 1.29 is 19.0 Å². The highest BCUT2D eigenvalue weighted by Crippen LogP contribution is 2.43. The van der Waals surface area contributed by atoms with Gasteiger partial charge in [-0.25, -0.2) is 0 Å². The van der Waals surface area contributed by atoms with E-state index in [0.717, 1.165) is 40.0 Å². The van der Waals surface area contributed by atoms with Crippen LogP contribution in [-0.4, -0.2) is 37.7 Å². The minimum atomic E-state index is -0.0966. The fourth-order valence-corrected chi connectivity index (χ4v) is 3.79. The van der Waals surface area contributed by atoms with Gasteiger partial charge in [0.05, 0.1) is 12.2 Å². The first kappa shape index (κ1) is 18.2. The van der Waals surface area contributed by atoms with Gasteiger partial charge < -0.3 is 14.2 Å². The molecule has 2 aliphatic heterocycles. The monoisotopic (exact) mass is 429 g/mol.